The Morgan fingerprint density at radius 3 is 2.63 bits per heavy atom. The minimum atomic E-state index is -4.74. The number of aliphatic hydroxyl groups is 1. The first-order valence-corrected chi connectivity index (χ1v) is 5.35. The molecule has 0 fully saturated rings. The Kier molecular flexibility index (Phi) is 3.31. The number of aromatic nitrogens is 4. The van der Waals surface area contributed by atoms with E-state index in [4.69, 9.17) is 9.63 Å². The van der Waals surface area contributed by atoms with E-state index in [0.29, 0.717) is 5.69 Å². The fourth-order valence-electron chi connectivity index (χ4n) is 1.52. The monoisotopic (exact) mass is 276 g/mol. The van der Waals surface area contributed by atoms with Crippen LogP contribution in [0.1, 0.15) is 18.7 Å². The smallest absolute Gasteiger partial charge is 0.383 e. The standard InChI is InChI=1S/C10H11F3N4O2/c1-5(7(18)10(11,12)13)9-15-8(16-19-9)6-3-14-4-17(6)2/h3-5,7,18H,1-2H3. The summed E-state index contributed by atoms with van der Waals surface area (Å²) in [5.41, 5.74) is 0.503. The molecular formula is C10H11F3N4O2. The summed E-state index contributed by atoms with van der Waals surface area (Å²) in [6, 6.07) is 0. The van der Waals surface area contributed by atoms with E-state index >= 15 is 0 Å². The maximum absolute atomic E-state index is 12.4. The molecule has 0 aromatic carbocycles. The quantitative estimate of drug-likeness (QED) is 0.919. The molecule has 2 heterocycles. The lowest BCUT2D eigenvalue weighted by Crippen LogP contribution is -2.33. The highest BCUT2D eigenvalue weighted by molar-refractivity contribution is 5.47. The molecule has 0 bridgehead atoms. The highest BCUT2D eigenvalue weighted by Crippen LogP contribution is 2.31. The molecular weight excluding hydrogens is 265 g/mol. The maximum atomic E-state index is 12.4. The van der Waals surface area contributed by atoms with Gasteiger partial charge < -0.3 is 14.2 Å². The van der Waals surface area contributed by atoms with Crippen LogP contribution in [-0.4, -0.2) is 37.1 Å². The lowest BCUT2D eigenvalue weighted by Gasteiger charge is -2.17. The van der Waals surface area contributed by atoms with Crippen molar-refractivity contribution in [2.45, 2.75) is 25.1 Å². The molecule has 0 aliphatic carbocycles. The van der Waals surface area contributed by atoms with E-state index in [0.717, 1.165) is 0 Å². The highest BCUT2D eigenvalue weighted by atomic mass is 19.4. The van der Waals surface area contributed by atoms with Crippen LogP contribution in [0.4, 0.5) is 13.2 Å². The molecule has 0 saturated heterocycles. The van der Waals surface area contributed by atoms with Gasteiger partial charge in [0.15, 0.2) is 6.10 Å². The number of aliphatic hydroxyl groups excluding tert-OH is 1. The van der Waals surface area contributed by atoms with E-state index in [1.54, 1.807) is 11.6 Å². The number of rotatable bonds is 3. The fraction of sp³-hybridized carbons (Fsp3) is 0.500. The van der Waals surface area contributed by atoms with Crippen molar-refractivity contribution < 1.29 is 22.8 Å². The van der Waals surface area contributed by atoms with Gasteiger partial charge in [-0.2, -0.15) is 18.2 Å². The lowest BCUT2D eigenvalue weighted by molar-refractivity contribution is -0.210. The van der Waals surface area contributed by atoms with E-state index in [2.05, 4.69) is 15.1 Å². The molecule has 0 spiro atoms. The Balaban J connectivity index is 2.25. The van der Waals surface area contributed by atoms with Crippen molar-refractivity contribution in [1.29, 1.82) is 0 Å². The Morgan fingerprint density at radius 2 is 2.11 bits per heavy atom. The summed E-state index contributed by atoms with van der Waals surface area (Å²) in [7, 11) is 1.69. The van der Waals surface area contributed by atoms with Gasteiger partial charge in [-0.1, -0.05) is 12.1 Å². The first-order chi connectivity index (χ1) is 8.80. The van der Waals surface area contributed by atoms with Crippen LogP contribution < -0.4 is 0 Å². The number of halogens is 3. The molecule has 2 unspecified atom stereocenters. The van der Waals surface area contributed by atoms with Gasteiger partial charge in [-0.15, -0.1) is 0 Å². The van der Waals surface area contributed by atoms with Crippen LogP contribution in [0.25, 0.3) is 11.5 Å². The molecule has 9 heteroatoms. The number of hydrogen-bond acceptors (Lipinski definition) is 5. The van der Waals surface area contributed by atoms with Gasteiger partial charge in [0.1, 0.15) is 5.69 Å². The summed E-state index contributed by atoms with van der Waals surface area (Å²) in [5.74, 6) is -1.49. The van der Waals surface area contributed by atoms with Crippen LogP contribution in [-0.2, 0) is 7.05 Å². The van der Waals surface area contributed by atoms with Gasteiger partial charge in [-0.25, -0.2) is 4.98 Å². The van der Waals surface area contributed by atoms with E-state index in [9.17, 15) is 13.2 Å². The summed E-state index contributed by atoms with van der Waals surface area (Å²) in [5, 5.41) is 12.7. The molecule has 104 valence electrons. The van der Waals surface area contributed by atoms with Crippen molar-refractivity contribution in [3.05, 3.63) is 18.4 Å². The SMILES string of the molecule is CC(c1nc(-c2cncn2C)no1)C(O)C(F)(F)F. The molecule has 0 aliphatic rings. The number of alkyl halides is 3. The first kappa shape index (κ1) is 13.5. The van der Waals surface area contributed by atoms with Gasteiger partial charge in [0.2, 0.25) is 11.7 Å². The van der Waals surface area contributed by atoms with E-state index < -0.39 is 18.2 Å². The van der Waals surface area contributed by atoms with Crippen molar-refractivity contribution in [2.75, 3.05) is 0 Å². The number of hydrogen-bond donors (Lipinski definition) is 1. The summed E-state index contributed by atoms with van der Waals surface area (Å²) < 4.78 is 43.5. The minimum Gasteiger partial charge on any atom is -0.383 e. The largest absolute Gasteiger partial charge is 0.415 e. The van der Waals surface area contributed by atoms with Crippen LogP contribution in [0.15, 0.2) is 17.0 Å². The topological polar surface area (TPSA) is 77.0 Å². The third kappa shape index (κ3) is 2.60. The second-order valence-electron chi connectivity index (χ2n) is 4.12. The molecule has 1 N–H and O–H groups in total. The maximum Gasteiger partial charge on any atom is 0.415 e. The second kappa shape index (κ2) is 4.65. The van der Waals surface area contributed by atoms with Gasteiger partial charge in [0.05, 0.1) is 18.4 Å². The van der Waals surface area contributed by atoms with Gasteiger partial charge in [0, 0.05) is 7.05 Å². The summed E-state index contributed by atoms with van der Waals surface area (Å²) in [6.45, 7) is 1.17. The molecule has 0 aliphatic heterocycles. The molecule has 6 nitrogen and oxygen atoms in total. The zero-order valence-electron chi connectivity index (χ0n) is 10.1. The molecule has 0 radical (unpaired) electrons. The zero-order chi connectivity index (χ0) is 14.2. The zero-order valence-corrected chi connectivity index (χ0v) is 10.1. The Hall–Kier alpha value is -1.90. The van der Waals surface area contributed by atoms with Gasteiger partial charge >= 0.3 is 6.18 Å². The van der Waals surface area contributed by atoms with Gasteiger partial charge in [-0.05, 0) is 0 Å². The summed E-state index contributed by atoms with van der Waals surface area (Å²) in [6.07, 6.45) is -4.33. The third-order valence-corrected chi connectivity index (χ3v) is 2.69. The van der Waals surface area contributed by atoms with Crippen LogP contribution in [0, 0.1) is 0 Å². The number of aryl methyl sites for hydroxylation is 1. The van der Waals surface area contributed by atoms with Gasteiger partial charge in [0.25, 0.3) is 0 Å². The molecule has 19 heavy (non-hydrogen) atoms. The molecule has 0 saturated carbocycles. The van der Waals surface area contributed by atoms with E-state index in [-0.39, 0.29) is 11.7 Å². The van der Waals surface area contributed by atoms with E-state index in [1.807, 2.05) is 0 Å². The highest BCUT2D eigenvalue weighted by Gasteiger charge is 2.44. The van der Waals surface area contributed by atoms with E-state index in [1.165, 1.54) is 19.4 Å². The Labute approximate surface area is 105 Å². The number of imidazole rings is 1. The third-order valence-electron chi connectivity index (χ3n) is 2.69. The van der Waals surface area contributed by atoms with Crippen molar-refractivity contribution in [3.8, 4) is 11.5 Å². The Morgan fingerprint density at radius 1 is 1.42 bits per heavy atom. The average molecular weight is 276 g/mol. The summed E-state index contributed by atoms with van der Waals surface area (Å²) in [4.78, 5) is 7.69. The number of nitrogens with zero attached hydrogens (tertiary/aromatic N) is 4. The first-order valence-electron chi connectivity index (χ1n) is 5.35. The predicted molar refractivity (Wildman–Crippen MR) is 57.0 cm³/mol. The van der Waals surface area contributed by atoms with Crippen molar-refractivity contribution >= 4 is 0 Å². The van der Waals surface area contributed by atoms with Crippen LogP contribution >= 0.6 is 0 Å². The normalized spacial score (nSPS) is 15.5. The van der Waals surface area contributed by atoms with Crippen LogP contribution in [0.2, 0.25) is 0 Å². The molecule has 2 atom stereocenters. The van der Waals surface area contributed by atoms with Crippen LogP contribution in [0.3, 0.4) is 0 Å². The van der Waals surface area contributed by atoms with Crippen molar-refractivity contribution in [2.24, 2.45) is 7.05 Å². The lowest BCUT2D eigenvalue weighted by atomic mass is 10.1. The minimum absolute atomic E-state index is 0.122. The van der Waals surface area contributed by atoms with Gasteiger partial charge in [-0.3, -0.25) is 0 Å². The average Bonchev–Trinajstić information content (AvgIpc) is 2.93. The summed E-state index contributed by atoms with van der Waals surface area (Å²) >= 11 is 0. The second-order valence-corrected chi connectivity index (χ2v) is 4.12. The van der Waals surface area contributed by atoms with Crippen molar-refractivity contribution in [3.63, 3.8) is 0 Å². The molecule has 0 amide bonds. The molecule has 2 aromatic heterocycles. The fourth-order valence-corrected chi connectivity index (χ4v) is 1.52. The van der Waals surface area contributed by atoms with Crippen molar-refractivity contribution in [1.82, 2.24) is 19.7 Å². The molecule has 2 rings (SSSR count). The predicted octanol–water partition coefficient (Wildman–Crippen LogP) is 1.50. The Bertz CT molecular complexity index is 563. The van der Waals surface area contributed by atoms with Crippen LogP contribution in [0.5, 0.6) is 0 Å². The molecule has 2 aromatic rings.